The molecule has 6 amide bonds. The fraction of sp³-hybridized carbons (Fsp3) is 0.829. The van der Waals surface area contributed by atoms with Gasteiger partial charge in [-0.15, -0.1) is 0 Å². The molecule has 0 aromatic rings. The number of hydrogen-bond acceptors (Lipinski definition) is 19. The van der Waals surface area contributed by atoms with Gasteiger partial charge < -0.3 is 69.6 Å². The van der Waals surface area contributed by atoms with Gasteiger partial charge in [0, 0.05) is 20.3 Å². The molecule has 2 rings (SSSR count). The molecule has 0 radical (unpaired) electrons. The van der Waals surface area contributed by atoms with Crippen LogP contribution < -0.4 is 26.6 Å². The molecule has 7 atom stereocenters. The number of aliphatic carboxylic acids is 1. The number of carbonyl (C=O) groups is 10. The Morgan fingerprint density at radius 1 is 0.541 bits per heavy atom. The number of likely N-dealkylation sites (N-methyl/N-ethyl adjacent to an activating group) is 1. The number of carbonyl (C=O) groups excluding carboxylic acids is 9. The van der Waals surface area contributed by atoms with E-state index in [-0.39, 0.29) is 51.6 Å². The number of hydrogen-bond donors (Lipinski definition) is 6. The quantitative estimate of drug-likeness (QED) is 0.0105. The molecule has 6 N–H and O–H groups in total. The van der Waals surface area contributed by atoms with E-state index in [1.54, 1.807) is 118 Å². The zero-order valence-corrected chi connectivity index (χ0v) is 64.6. The van der Waals surface area contributed by atoms with Crippen LogP contribution in [0.15, 0.2) is 12.2 Å². The summed E-state index contributed by atoms with van der Waals surface area (Å²) in [4.78, 5) is 120. The third-order valence-electron chi connectivity index (χ3n) is 11.3. The van der Waals surface area contributed by atoms with Gasteiger partial charge in [0.15, 0.2) is 11.6 Å². The molecule has 2 aliphatic heterocycles. The number of carboxylic acids is 1. The van der Waals surface area contributed by atoms with Gasteiger partial charge in [-0.2, -0.15) is 0 Å². The van der Waals surface area contributed by atoms with E-state index < -0.39 is 100 Å². The number of aldehydes is 1. The Kier molecular flexibility index (Phi) is 58.6. The first-order valence-corrected chi connectivity index (χ1v) is 33.1. The molecule has 0 saturated carbocycles. The SMILES string of the molecule is C.C.C.C1CCOC1.C=C(C)C(=O)[C@H](CC(C)C)NC(=O)OC(C)(C)C.CC(C)C[C@@H](C=O)NC(=O)OC(C)(C)C.CC(C)C[C@H](NC(=O)OC(C)(C)C)C(=O)O.CC(C)C[C@H](NC(=O)OC(C)(C)C)C(=O)[C@@]1(C)CO1.CON(C)C(=O)[C@H](CC(C)C)NC(=O)OC(C)(C)C.O=BP. The number of alkyl carbamates (subject to hydrolysis) is 5. The number of rotatable bonds is 23. The average molecular weight is 1430 g/mol. The number of ether oxygens (including phenoxy) is 7. The van der Waals surface area contributed by atoms with Crippen molar-refractivity contribution in [3.8, 4) is 0 Å². The van der Waals surface area contributed by atoms with E-state index in [0.29, 0.717) is 68.9 Å². The summed E-state index contributed by atoms with van der Waals surface area (Å²) < 4.78 is 44.4. The maximum absolute atomic E-state index is 12.3. The van der Waals surface area contributed by atoms with Gasteiger partial charge in [-0.1, -0.05) is 98.1 Å². The van der Waals surface area contributed by atoms with Crippen LogP contribution in [0.1, 0.15) is 254 Å². The fourth-order valence-electron chi connectivity index (χ4n) is 7.44. The molecule has 98 heavy (non-hydrogen) atoms. The summed E-state index contributed by atoms with van der Waals surface area (Å²) >= 11 is 0. The van der Waals surface area contributed by atoms with Crippen molar-refractivity contribution in [1.82, 2.24) is 31.6 Å². The first-order chi connectivity index (χ1) is 42.9. The van der Waals surface area contributed by atoms with Crippen molar-refractivity contribution >= 4 is 76.2 Å². The first-order valence-electron chi connectivity index (χ1n) is 32.5. The standard InChI is InChI=1S/C14H25NO4.C14H25NO3.C13H26N2O4.C11H21NO4.C11H21NO3.C4H8O.3CH4.BH2OP/c1-9(2)7-10(11(16)14(6)8-18-14)15-12(17)19-13(3,4)5;1-9(2)8-11(12(16)10(3)4)15-13(17)18-14(5,6)7;1-9(2)8-10(11(16)15(6)18-7)14-12(17)19-13(3,4)5;1-7(2)6-8(9(13)14)12-10(15)16-11(3,4)5;1-8(2)6-9(7-13)12-10(14)15-11(3,4)5;1-2-4-5-3-1;;;;2-1-3/h9-10H,7-8H2,1-6H3,(H,15,17);9,11H,3,8H2,1-2,4-7H3,(H,15,17);9-10H,8H2,1-7H3,(H,14,17);7-8H,6H2,1-5H3,(H,12,15)(H,13,14);7-9H,6H2,1-5H3,(H,12,14);1-4H2;3*1H4;3H2/t10-,14+;11-;10-;8-;9-;;;;;/m00000...../s1. The molecule has 2 fully saturated rings. The van der Waals surface area contributed by atoms with E-state index >= 15 is 0 Å². The van der Waals surface area contributed by atoms with E-state index in [0.717, 1.165) is 24.6 Å². The number of epoxide rings is 1. The molecule has 26 nitrogen and oxygen atoms in total. The Morgan fingerprint density at radius 3 is 1.05 bits per heavy atom. The van der Waals surface area contributed by atoms with Crippen LogP contribution in [-0.2, 0) is 66.7 Å². The molecule has 2 aliphatic rings. The first kappa shape index (κ1) is 108. The normalized spacial score (nSPS) is 15.1. The van der Waals surface area contributed by atoms with Gasteiger partial charge in [0.1, 0.15) is 52.0 Å². The van der Waals surface area contributed by atoms with Crippen LogP contribution in [0.5, 0.6) is 0 Å². The van der Waals surface area contributed by atoms with Gasteiger partial charge in [0.25, 0.3) is 5.91 Å². The van der Waals surface area contributed by atoms with E-state index in [4.69, 9.17) is 47.8 Å². The van der Waals surface area contributed by atoms with Gasteiger partial charge in [0.2, 0.25) is 0 Å². The number of carboxylic acid groups (broad SMARTS) is 1. The van der Waals surface area contributed by atoms with Crippen LogP contribution in [-0.4, -0.2) is 175 Å². The summed E-state index contributed by atoms with van der Waals surface area (Å²) in [5, 5.41) is 22.7. The molecule has 0 aromatic heterocycles. The minimum atomic E-state index is -1.04. The van der Waals surface area contributed by atoms with E-state index in [2.05, 4.69) is 33.2 Å². The van der Waals surface area contributed by atoms with Crippen molar-refractivity contribution < 1.29 is 95.8 Å². The molecule has 0 aromatic carbocycles. The molecule has 1 unspecified atom stereocenters. The molecule has 0 aliphatic carbocycles. The Bertz CT molecular complexity index is 2310. The fourth-order valence-corrected chi connectivity index (χ4v) is 7.44. The number of hydroxylamine groups is 2. The molecule has 0 spiro atoms. The Balaban J connectivity index is -0.000000166. The van der Waals surface area contributed by atoms with Crippen molar-refractivity contribution in [2.45, 2.75) is 318 Å². The van der Waals surface area contributed by atoms with E-state index in [1.165, 1.54) is 27.0 Å². The van der Waals surface area contributed by atoms with Crippen LogP contribution in [0.4, 0.5) is 24.0 Å². The Hall–Kier alpha value is -5.79. The van der Waals surface area contributed by atoms with Gasteiger partial charge in [-0.25, -0.2) is 33.8 Å². The van der Waals surface area contributed by atoms with Gasteiger partial charge in [0.05, 0.1) is 31.8 Å². The van der Waals surface area contributed by atoms with Crippen molar-refractivity contribution in [3.63, 3.8) is 0 Å². The molecule has 2 saturated heterocycles. The Labute approximate surface area is 595 Å². The third-order valence-corrected chi connectivity index (χ3v) is 11.3. The number of ketones is 2. The second-order valence-corrected chi connectivity index (χ2v) is 30.4. The topological polar surface area (TPSA) is 349 Å². The molecule has 578 valence electrons. The van der Waals surface area contributed by atoms with Gasteiger partial charge in [-0.05, 0) is 198 Å². The molecule has 2 heterocycles. The zero-order chi connectivity index (χ0) is 75.8. The monoisotopic (exact) mass is 1430 g/mol. The van der Waals surface area contributed by atoms with Crippen LogP contribution in [0.3, 0.4) is 0 Å². The number of Topliss-reactive ketones (excluding diaryl/α,β-unsaturated/α-hetero) is 2. The van der Waals surface area contributed by atoms with Crippen molar-refractivity contribution in [3.05, 3.63) is 12.2 Å². The summed E-state index contributed by atoms with van der Waals surface area (Å²) in [6.07, 6.45) is 3.02. The second-order valence-electron chi connectivity index (χ2n) is 30.2. The summed E-state index contributed by atoms with van der Waals surface area (Å²) in [5.41, 5.74) is -3.18. The minimum absolute atomic E-state index is 0. The van der Waals surface area contributed by atoms with Crippen LogP contribution in [0, 0.1) is 29.6 Å². The number of nitrogens with one attached hydrogen (secondary N) is 5. The molecular weight excluding hydrogens is 1290 g/mol. The van der Waals surface area contributed by atoms with Crippen molar-refractivity contribution in [2.75, 3.05) is 34.0 Å². The average Bonchev–Trinajstić information content (AvgIpc) is 1.64. The predicted molar refractivity (Wildman–Crippen MR) is 392 cm³/mol. The summed E-state index contributed by atoms with van der Waals surface area (Å²) in [6, 6.07) is -3.12. The Morgan fingerprint density at radius 2 is 0.806 bits per heavy atom. The van der Waals surface area contributed by atoms with Crippen LogP contribution in [0.25, 0.3) is 0 Å². The molecule has 0 bridgehead atoms. The van der Waals surface area contributed by atoms with Gasteiger partial charge >= 0.3 is 57.1 Å². The second kappa shape index (κ2) is 53.1. The third kappa shape index (κ3) is 67.4. The molecular formula is C70H140BN6O20P. The zero-order valence-electron chi connectivity index (χ0n) is 63.4. The van der Waals surface area contributed by atoms with Crippen LogP contribution >= 0.6 is 9.12 Å². The summed E-state index contributed by atoms with van der Waals surface area (Å²) in [7, 11) is 4.81. The van der Waals surface area contributed by atoms with E-state index in [9.17, 15) is 47.9 Å². The summed E-state index contributed by atoms with van der Waals surface area (Å²) in [6.45, 7) is 56.4. The van der Waals surface area contributed by atoms with E-state index in [1.807, 2.05) is 78.4 Å². The summed E-state index contributed by atoms with van der Waals surface area (Å²) in [5.74, 6) is -0.164. The number of amides is 6. The predicted octanol–water partition coefficient (Wildman–Crippen LogP) is 14.0. The maximum atomic E-state index is 12.3. The number of nitrogens with zero attached hydrogens (tertiary/aromatic N) is 1. The van der Waals surface area contributed by atoms with Crippen LogP contribution in [0.2, 0.25) is 0 Å². The molecule has 28 heteroatoms. The van der Waals surface area contributed by atoms with Gasteiger partial charge in [-0.3, -0.25) is 19.2 Å². The van der Waals surface area contributed by atoms with Crippen molar-refractivity contribution in [1.29, 1.82) is 0 Å². The van der Waals surface area contributed by atoms with Crippen molar-refractivity contribution in [2.24, 2.45) is 29.6 Å².